The van der Waals surface area contributed by atoms with Gasteiger partial charge in [0.25, 0.3) is 0 Å². The van der Waals surface area contributed by atoms with E-state index in [1.165, 1.54) is 8.43 Å². The topological polar surface area (TPSA) is 74.8 Å². The molecule has 0 bridgehead atoms. The first-order chi connectivity index (χ1) is 12.1. The summed E-state index contributed by atoms with van der Waals surface area (Å²) in [6.45, 7) is 0. The Morgan fingerprint density at radius 3 is 1.31 bits per heavy atom. The van der Waals surface area contributed by atoms with E-state index in [1.807, 2.05) is 60.7 Å². The van der Waals surface area contributed by atoms with Gasteiger partial charge in [0.15, 0.2) is 0 Å². The van der Waals surface area contributed by atoms with Gasteiger partial charge in [-0.05, 0) is 11.1 Å². The fourth-order valence-corrected chi connectivity index (χ4v) is 7.87. The molecule has 1 saturated heterocycles. The lowest BCUT2D eigenvalue weighted by molar-refractivity contribution is 0.380. The first kappa shape index (κ1) is 19.6. The highest BCUT2D eigenvalue weighted by atomic mass is 79.9. The van der Waals surface area contributed by atoms with Crippen molar-refractivity contribution in [1.82, 2.24) is 8.43 Å². The van der Waals surface area contributed by atoms with E-state index < -0.39 is 37.9 Å². The van der Waals surface area contributed by atoms with Gasteiger partial charge in [-0.15, -0.1) is 15.8 Å². The average molecular weight is 457 g/mol. The van der Waals surface area contributed by atoms with Crippen molar-refractivity contribution in [2.75, 3.05) is 12.5 Å². The molecule has 2 aromatic rings. The van der Waals surface area contributed by atoms with Crippen LogP contribution in [0, 0.1) is 0 Å². The predicted molar refractivity (Wildman–Crippen MR) is 106 cm³/mol. The Hall–Kier alpha value is -1.20. The molecule has 3 rings (SSSR count). The molecule has 138 valence electrons. The largest absolute Gasteiger partial charge is 0.419 e. The molecule has 2 atom stereocenters. The van der Waals surface area contributed by atoms with Gasteiger partial charge < -0.3 is 0 Å². The zero-order valence-electron chi connectivity index (χ0n) is 14.2. The molecule has 10 heteroatoms. The molecular formula is C16H18BBrN2O4S2. The number of nitrogens with zero attached hydrogens (tertiary/aromatic N) is 2. The summed E-state index contributed by atoms with van der Waals surface area (Å²) in [5, 5.41) is 0. The highest BCUT2D eigenvalue weighted by Crippen LogP contribution is 2.49. The zero-order chi connectivity index (χ0) is 19.1. The smallest absolute Gasteiger partial charge is 0.213 e. The van der Waals surface area contributed by atoms with Crippen LogP contribution in [0.3, 0.4) is 0 Å². The molecule has 26 heavy (non-hydrogen) atoms. The molecule has 0 unspecified atom stereocenters. The number of halogens is 1. The van der Waals surface area contributed by atoms with E-state index in [0.717, 1.165) is 23.6 Å². The van der Waals surface area contributed by atoms with Gasteiger partial charge in [0.05, 0.1) is 24.6 Å². The minimum Gasteiger partial charge on any atom is -0.213 e. The zero-order valence-corrected chi connectivity index (χ0v) is 17.4. The van der Waals surface area contributed by atoms with E-state index in [1.54, 1.807) is 0 Å². The molecule has 1 aliphatic heterocycles. The summed E-state index contributed by atoms with van der Waals surface area (Å²) in [6.07, 6.45) is 2.18. The standard InChI is InChI=1S/C16H18BBrN2O4S2/c1-25(21,22)19-15(13-9-5-3-6-10-13)16(14-11-7-4-8-12-14)20(17(19)18)26(2,23)24/h3-12,15-16H,1-2H3/t15-,16-/m1/s1. The number of sulfonamides is 2. The van der Waals surface area contributed by atoms with Crippen LogP contribution in [-0.4, -0.2) is 43.6 Å². The molecule has 0 radical (unpaired) electrons. The van der Waals surface area contributed by atoms with Crippen molar-refractivity contribution in [3.8, 4) is 0 Å². The third kappa shape index (κ3) is 3.61. The van der Waals surface area contributed by atoms with Crippen molar-refractivity contribution in [2.45, 2.75) is 12.1 Å². The Morgan fingerprint density at radius 2 is 1.04 bits per heavy atom. The van der Waals surface area contributed by atoms with Crippen molar-refractivity contribution < 1.29 is 16.8 Å². The molecule has 1 heterocycles. The van der Waals surface area contributed by atoms with E-state index >= 15 is 0 Å². The fraction of sp³-hybridized carbons (Fsp3) is 0.250. The summed E-state index contributed by atoms with van der Waals surface area (Å²) in [6, 6.07) is 16.8. The second-order valence-corrected chi connectivity index (χ2v) is 10.8. The van der Waals surface area contributed by atoms with Gasteiger partial charge in [-0.2, -0.15) is 0 Å². The van der Waals surface area contributed by atoms with E-state index in [2.05, 4.69) is 15.8 Å². The van der Waals surface area contributed by atoms with Crippen molar-refractivity contribution in [2.24, 2.45) is 0 Å². The van der Waals surface area contributed by atoms with E-state index in [9.17, 15) is 16.8 Å². The van der Waals surface area contributed by atoms with Crippen LogP contribution in [0.5, 0.6) is 0 Å². The van der Waals surface area contributed by atoms with E-state index in [-0.39, 0.29) is 0 Å². The highest BCUT2D eigenvalue weighted by Gasteiger charge is 2.57. The third-order valence-corrected chi connectivity index (χ3v) is 8.13. The van der Waals surface area contributed by atoms with Crippen LogP contribution in [0.15, 0.2) is 60.7 Å². The van der Waals surface area contributed by atoms with Crippen LogP contribution in [0.25, 0.3) is 0 Å². The van der Waals surface area contributed by atoms with Gasteiger partial charge in [-0.3, -0.25) is 0 Å². The second kappa shape index (κ2) is 7.08. The molecule has 0 aromatic heterocycles. The van der Waals surface area contributed by atoms with Gasteiger partial charge in [-0.25, -0.2) is 25.3 Å². The van der Waals surface area contributed by atoms with Gasteiger partial charge in [0.1, 0.15) is 0 Å². The SMILES string of the molecule is CS(=O)(=O)N1B(Br)N(S(C)(=O)=O)[C@H](c2ccccc2)[C@H]1c1ccccc1. The lowest BCUT2D eigenvalue weighted by atomic mass is 9.95. The molecule has 0 amide bonds. The van der Waals surface area contributed by atoms with Gasteiger partial charge >= 0.3 is 5.81 Å². The molecule has 0 aliphatic carbocycles. The number of hydrogen-bond acceptors (Lipinski definition) is 4. The summed E-state index contributed by atoms with van der Waals surface area (Å²) < 4.78 is 52.6. The first-order valence-electron chi connectivity index (χ1n) is 7.83. The fourth-order valence-electron chi connectivity index (χ4n) is 3.34. The monoisotopic (exact) mass is 456 g/mol. The molecular weight excluding hydrogens is 439 g/mol. The Labute approximate surface area is 163 Å². The minimum absolute atomic E-state index is 0.687. The normalized spacial score (nSPS) is 22.7. The maximum Gasteiger partial charge on any atom is 0.419 e. The Kier molecular flexibility index (Phi) is 5.33. The maximum absolute atomic E-state index is 12.6. The molecule has 0 saturated carbocycles. The van der Waals surface area contributed by atoms with Gasteiger partial charge in [0, 0.05) is 0 Å². The summed E-state index contributed by atoms with van der Waals surface area (Å²) >= 11 is 3.31. The number of rotatable bonds is 4. The second-order valence-electron chi connectivity index (χ2n) is 6.21. The van der Waals surface area contributed by atoms with Crippen molar-refractivity contribution in [1.29, 1.82) is 0 Å². The van der Waals surface area contributed by atoms with Crippen LogP contribution in [-0.2, 0) is 20.0 Å². The van der Waals surface area contributed by atoms with Crippen LogP contribution in [0.2, 0.25) is 0 Å². The van der Waals surface area contributed by atoms with Crippen molar-refractivity contribution in [3.05, 3.63) is 71.8 Å². The molecule has 1 aliphatic rings. The van der Waals surface area contributed by atoms with Crippen molar-refractivity contribution in [3.63, 3.8) is 0 Å². The molecule has 0 N–H and O–H groups in total. The summed E-state index contributed by atoms with van der Waals surface area (Å²) in [7, 11) is -7.41. The summed E-state index contributed by atoms with van der Waals surface area (Å²) in [5.41, 5.74) is 1.45. The number of hydrogen-bond donors (Lipinski definition) is 0. The predicted octanol–water partition coefficient (Wildman–Crippen LogP) is 2.39. The third-order valence-electron chi connectivity index (χ3n) is 4.32. The lowest BCUT2D eigenvalue weighted by Crippen LogP contribution is -2.44. The Balaban J connectivity index is 2.29. The molecule has 0 spiro atoms. The van der Waals surface area contributed by atoms with Gasteiger partial charge in [-0.1, -0.05) is 60.7 Å². The highest BCUT2D eigenvalue weighted by molar-refractivity contribution is 9.24. The summed E-state index contributed by atoms with van der Waals surface area (Å²) in [4.78, 5) is 0. The van der Waals surface area contributed by atoms with Crippen LogP contribution >= 0.6 is 15.8 Å². The van der Waals surface area contributed by atoms with E-state index in [4.69, 9.17) is 0 Å². The molecule has 1 fully saturated rings. The maximum atomic E-state index is 12.6. The quantitative estimate of drug-likeness (QED) is 0.662. The lowest BCUT2D eigenvalue weighted by Gasteiger charge is -2.28. The van der Waals surface area contributed by atoms with Crippen LogP contribution < -0.4 is 0 Å². The molecule has 6 nitrogen and oxygen atoms in total. The first-order valence-corrected chi connectivity index (χ1v) is 12.4. The summed E-state index contributed by atoms with van der Waals surface area (Å²) in [5.74, 6) is -1.01. The van der Waals surface area contributed by atoms with Crippen molar-refractivity contribution >= 4 is 41.6 Å². The Morgan fingerprint density at radius 1 is 0.731 bits per heavy atom. The van der Waals surface area contributed by atoms with E-state index in [0.29, 0.717) is 0 Å². The number of benzene rings is 2. The average Bonchev–Trinajstić information content (AvgIpc) is 2.90. The minimum atomic E-state index is -3.70. The molecule has 2 aromatic carbocycles. The van der Waals surface area contributed by atoms with Gasteiger partial charge in [0.2, 0.25) is 20.0 Å². The van der Waals surface area contributed by atoms with Crippen LogP contribution in [0.4, 0.5) is 0 Å². The Bertz CT molecular complexity index is 906. The van der Waals surface area contributed by atoms with Crippen LogP contribution in [0.1, 0.15) is 23.2 Å².